The highest BCUT2D eigenvalue weighted by Gasteiger charge is 2.35. The molecule has 0 unspecified atom stereocenters. The number of carboxylic acid groups (broad SMARTS) is 2. The van der Waals surface area contributed by atoms with Crippen molar-refractivity contribution in [2.45, 2.75) is 154 Å². The molecule has 0 fully saturated rings. The molecule has 0 radical (unpaired) electrons. The second-order valence-corrected chi connectivity index (χ2v) is 20.0. The third-order valence-electron chi connectivity index (χ3n) is 12.0. The summed E-state index contributed by atoms with van der Waals surface area (Å²) in [7, 11) is 0. The second kappa shape index (κ2) is 45.7. The van der Waals surface area contributed by atoms with E-state index in [1.54, 1.807) is 27.7 Å². The quantitative estimate of drug-likeness (QED) is 0.0255. The average Bonchev–Trinajstić information content (AvgIpc) is 3.41. The van der Waals surface area contributed by atoms with Crippen molar-refractivity contribution in [1.29, 1.82) is 0 Å². The average molecular weight is 1200 g/mol. The predicted octanol–water partition coefficient (Wildman–Crippen LogP) is -4.48. The molecule has 0 bridgehead atoms. The SMILES string of the molecule is CC(C)[C@H](NC(=O)[C@@H](NC(=O)[C@H](C)NC(=O)[C@H](CCCCN)NC(=O)COCCOCCOCCOCCOCCOCCOCC(=O)N[C@@H](CCCCN)C(=O)N[C@@H](C)C(=O)N[C@H](C(=O)N[C@H](C(=O)O)C(C)C)[C@@H](C)O)[C@@H](C)O)C(=O)O. The maximum absolute atomic E-state index is 13.2. The molecule has 0 aliphatic carbocycles. The van der Waals surface area contributed by atoms with Crippen molar-refractivity contribution in [3.63, 3.8) is 0 Å². The molecule has 0 aromatic rings. The summed E-state index contributed by atoms with van der Waals surface area (Å²) in [4.78, 5) is 126. The van der Waals surface area contributed by atoms with E-state index in [2.05, 4.69) is 42.5 Å². The van der Waals surface area contributed by atoms with Crippen LogP contribution >= 0.6 is 0 Å². The van der Waals surface area contributed by atoms with Crippen LogP contribution in [0.2, 0.25) is 0 Å². The molecule has 10 atom stereocenters. The molecule has 0 aromatic heterocycles. The van der Waals surface area contributed by atoms with E-state index in [-0.39, 0.29) is 78.9 Å². The molecule has 0 saturated carbocycles. The Morgan fingerprint density at radius 3 is 0.855 bits per heavy atom. The maximum atomic E-state index is 13.2. The number of ether oxygens (including phenoxy) is 7. The van der Waals surface area contributed by atoms with E-state index < -0.39 is 132 Å². The first-order valence-corrected chi connectivity index (χ1v) is 28.0. The summed E-state index contributed by atoms with van der Waals surface area (Å²) in [5.41, 5.74) is 11.2. The molecule has 0 aliphatic heterocycles. The molecule has 16 N–H and O–H groups in total. The predicted molar refractivity (Wildman–Crippen MR) is 297 cm³/mol. The van der Waals surface area contributed by atoms with Gasteiger partial charge < -0.3 is 108 Å². The Hall–Kier alpha value is -5.74. The number of amides is 8. The normalized spacial score (nSPS) is 15.0. The van der Waals surface area contributed by atoms with Crippen LogP contribution in [-0.2, 0) is 81.1 Å². The molecule has 0 spiro atoms. The van der Waals surface area contributed by atoms with Crippen LogP contribution in [-0.4, -0.2) is 246 Å². The fraction of sp³-hybridized carbons (Fsp3) is 0.808. The van der Waals surface area contributed by atoms with Gasteiger partial charge in [-0.15, -0.1) is 0 Å². The van der Waals surface area contributed by atoms with Crippen LogP contribution in [0, 0.1) is 11.8 Å². The number of nitrogens with two attached hydrogens (primary N) is 2. The van der Waals surface area contributed by atoms with Crippen LogP contribution in [0.1, 0.15) is 93.9 Å². The summed E-state index contributed by atoms with van der Waals surface area (Å²) >= 11 is 0. The Morgan fingerprint density at radius 2 is 0.614 bits per heavy atom. The van der Waals surface area contributed by atoms with Crippen molar-refractivity contribution in [3.8, 4) is 0 Å². The minimum Gasteiger partial charge on any atom is -0.480 e. The van der Waals surface area contributed by atoms with Gasteiger partial charge in [-0.05, 0) is 91.1 Å². The minimum absolute atomic E-state index is 0.0620. The van der Waals surface area contributed by atoms with E-state index in [0.29, 0.717) is 65.2 Å². The first-order chi connectivity index (χ1) is 39.3. The Morgan fingerprint density at radius 1 is 0.349 bits per heavy atom. The van der Waals surface area contributed by atoms with E-state index in [0.717, 1.165) is 0 Å². The highest BCUT2D eigenvalue weighted by Crippen LogP contribution is 2.08. The smallest absolute Gasteiger partial charge is 0.326 e. The third-order valence-corrected chi connectivity index (χ3v) is 12.0. The zero-order valence-electron chi connectivity index (χ0n) is 49.4. The monoisotopic (exact) mass is 1200 g/mol. The third kappa shape index (κ3) is 35.9. The first kappa shape index (κ1) is 77.3. The number of aliphatic hydroxyl groups excluding tert-OH is 2. The van der Waals surface area contributed by atoms with E-state index in [1.165, 1.54) is 27.7 Å². The zero-order valence-corrected chi connectivity index (χ0v) is 49.4. The lowest BCUT2D eigenvalue weighted by Crippen LogP contribution is -2.60. The fourth-order valence-electron chi connectivity index (χ4n) is 7.18. The van der Waals surface area contributed by atoms with Gasteiger partial charge in [-0.3, -0.25) is 38.4 Å². The molecule has 31 nitrogen and oxygen atoms in total. The minimum atomic E-state index is -1.52. The van der Waals surface area contributed by atoms with Gasteiger partial charge in [0, 0.05) is 0 Å². The molecule has 83 heavy (non-hydrogen) atoms. The summed E-state index contributed by atoms with van der Waals surface area (Å²) in [6, 6.07) is -10.1. The van der Waals surface area contributed by atoms with Crippen molar-refractivity contribution in [2.24, 2.45) is 23.3 Å². The molecule has 31 heteroatoms. The number of hydrogen-bond acceptors (Lipinski definition) is 21. The molecule has 0 heterocycles. The summed E-state index contributed by atoms with van der Waals surface area (Å²) < 4.78 is 38.1. The topological polar surface area (TPSA) is 465 Å². The van der Waals surface area contributed by atoms with Gasteiger partial charge in [0.05, 0.1) is 91.5 Å². The van der Waals surface area contributed by atoms with Crippen molar-refractivity contribution in [1.82, 2.24) is 42.5 Å². The number of aliphatic hydroxyl groups is 2. The van der Waals surface area contributed by atoms with Crippen LogP contribution in [0.3, 0.4) is 0 Å². The van der Waals surface area contributed by atoms with Crippen LogP contribution in [0.25, 0.3) is 0 Å². The van der Waals surface area contributed by atoms with Gasteiger partial charge in [-0.1, -0.05) is 27.7 Å². The number of aliphatic carboxylic acids is 2. The lowest BCUT2D eigenvalue weighted by molar-refractivity contribution is -0.144. The van der Waals surface area contributed by atoms with Gasteiger partial charge in [-0.25, -0.2) is 9.59 Å². The number of carboxylic acids is 2. The molecular weight excluding hydrogens is 1100 g/mol. The van der Waals surface area contributed by atoms with Crippen molar-refractivity contribution < 1.29 is 102 Å². The molecule has 0 saturated heterocycles. The van der Waals surface area contributed by atoms with Crippen LogP contribution < -0.4 is 54.0 Å². The number of nitrogens with one attached hydrogen (secondary N) is 8. The van der Waals surface area contributed by atoms with E-state index in [9.17, 15) is 68.4 Å². The molecule has 480 valence electrons. The van der Waals surface area contributed by atoms with Gasteiger partial charge in [0.15, 0.2) is 0 Å². The van der Waals surface area contributed by atoms with Crippen LogP contribution in [0.15, 0.2) is 0 Å². The largest absolute Gasteiger partial charge is 0.480 e. The molecule has 0 aromatic carbocycles. The molecule has 0 aliphatic rings. The van der Waals surface area contributed by atoms with Gasteiger partial charge in [0.2, 0.25) is 47.3 Å². The number of hydrogen-bond donors (Lipinski definition) is 14. The molecule has 8 amide bonds. The van der Waals surface area contributed by atoms with E-state index in [1.807, 2.05) is 0 Å². The summed E-state index contributed by atoms with van der Waals surface area (Å²) in [6.07, 6.45) is -0.336. The first-order valence-electron chi connectivity index (χ1n) is 28.0. The Kier molecular flexibility index (Phi) is 42.5. The highest BCUT2D eigenvalue weighted by atomic mass is 16.6. The number of unbranched alkanes of at least 4 members (excludes halogenated alkanes) is 2. The molecular formula is C52H96N10O21. The van der Waals surface area contributed by atoms with Crippen LogP contribution in [0.4, 0.5) is 0 Å². The van der Waals surface area contributed by atoms with Gasteiger partial charge in [0.1, 0.15) is 61.5 Å². The lowest BCUT2D eigenvalue weighted by Gasteiger charge is -2.26. The van der Waals surface area contributed by atoms with Crippen LogP contribution in [0.5, 0.6) is 0 Å². The Bertz CT molecular complexity index is 1800. The van der Waals surface area contributed by atoms with Gasteiger partial charge in [0.25, 0.3) is 0 Å². The van der Waals surface area contributed by atoms with Crippen molar-refractivity contribution in [3.05, 3.63) is 0 Å². The van der Waals surface area contributed by atoms with E-state index >= 15 is 0 Å². The molecule has 0 rings (SSSR count). The number of carbonyl (C=O) groups is 10. The lowest BCUT2D eigenvalue weighted by atomic mass is 10.0. The fourth-order valence-corrected chi connectivity index (χ4v) is 7.18. The van der Waals surface area contributed by atoms with Gasteiger partial charge >= 0.3 is 11.9 Å². The number of carbonyl (C=O) groups excluding carboxylic acids is 8. The van der Waals surface area contributed by atoms with Gasteiger partial charge in [-0.2, -0.15) is 0 Å². The number of rotatable bonds is 50. The maximum Gasteiger partial charge on any atom is 0.326 e. The summed E-state index contributed by atoms with van der Waals surface area (Å²) in [5, 5.41) is 58.6. The highest BCUT2D eigenvalue weighted by molar-refractivity contribution is 5.96. The zero-order chi connectivity index (χ0) is 62.9. The summed E-state index contributed by atoms with van der Waals surface area (Å²) in [6.45, 7) is 14.0. The Labute approximate surface area is 485 Å². The van der Waals surface area contributed by atoms with E-state index in [4.69, 9.17) is 44.6 Å². The van der Waals surface area contributed by atoms with Crippen molar-refractivity contribution >= 4 is 59.2 Å². The summed E-state index contributed by atoms with van der Waals surface area (Å²) in [5.74, 6) is -9.66. The standard InChI is InChI=1S/C52H96N10O21/c1-31(2)41(51(73)74)59-49(71)43(35(7)63)61-45(67)33(5)55-47(69)37(13-9-11-15-53)57-39(65)29-82-27-25-80-23-21-78-19-17-77-18-20-79-22-24-81-26-28-83-30-40(66)58-38(14-10-12-16-54)48(70)56-34(6)46(68)62-44(36(8)64)50(72)60-42(32(3)4)52(75)76/h31-38,41-44,63-64H,9-30,53-54H2,1-8H3,(H,55,69)(H,56,70)(H,57,65)(H,58,66)(H,59,71)(H,60,72)(H,61,67)(H,62,68)(H,73,74)(H,75,76)/t33-,34-,35+,36+,37-,38-,41-,42-,43-,44-/m0/s1. The Balaban J connectivity index is 4.39. The second-order valence-electron chi connectivity index (χ2n) is 20.0. The van der Waals surface area contributed by atoms with Crippen molar-refractivity contribution in [2.75, 3.05) is 106 Å².